The molecule has 9 nitrogen and oxygen atoms in total. The summed E-state index contributed by atoms with van der Waals surface area (Å²) in [6.45, 7) is 2.13. The number of hydrogen-bond acceptors (Lipinski definition) is 7. The van der Waals surface area contributed by atoms with Gasteiger partial charge in [0.25, 0.3) is 5.91 Å². The van der Waals surface area contributed by atoms with Gasteiger partial charge in [-0.1, -0.05) is 0 Å². The average Bonchev–Trinajstić information content (AvgIpc) is 3.16. The molecular weight excluding hydrogens is 419 g/mol. The topological polar surface area (TPSA) is 122 Å². The summed E-state index contributed by atoms with van der Waals surface area (Å²) in [5.74, 6) is -1.61. The lowest BCUT2D eigenvalue weighted by atomic mass is 10.2. The molecule has 0 unspecified atom stereocenters. The van der Waals surface area contributed by atoms with Crippen molar-refractivity contribution in [2.75, 3.05) is 5.32 Å². The number of aryl methyl sites for hydroxylation is 1. The van der Waals surface area contributed by atoms with Crippen LogP contribution in [0.4, 0.5) is 24.7 Å². The van der Waals surface area contributed by atoms with Crippen LogP contribution in [0.3, 0.4) is 0 Å². The Morgan fingerprint density at radius 2 is 1.90 bits per heavy atom. The Bertz CT molecular complexity index is 1110. The molecule has 0 aliphatic carbocycles. The summed E-state index contributed by atoms with van der Waals surface area (Å²) in [5.41, 5.74) is 2.41. The van der Waals surface area contributed by atoms with E-state index in [1.54, 1.807) is 6.92 Å². The third-order valence-corrected chi connectivity index (χ3v) is 3.85. The van der Waals surface area contributed by atoms with E-state index in [2.05, 4.69) is 30.0 Å². The fourth-order valence-electron chi connectivity index (χ4n) is 2.45. The predicted molar refractivity (Wildman–Crippen MR) is 102 cm³/mol. The zero-order valence-corrected chi connectivity index (χ0v) is 16.2. The zero-order chi connectivity index (χ0) is 22.6. The molecule has 0 spiro atoms. The van der Waals surface area contributed by atoms with Crippen LogP contribution < -0.4 is 15.5 Å². The van der Waals surface area contributed by atoms with E-state index in [0.717, 1.165) is 0 Å². The van der Waals surface area contributed by atoms with E-state index in [-0.39, 0.29) is 28.7 Å². The van der Waals surface area contributed by atoms with Crippen molar-refractivity contribution in [3.05, 3.63) is 65.1 Å². The van der Waals surface area contributed by atoms with E-state index in [1.807, 2.05) is 5.48 Å². The molecule has 0 aliphatic heterocycles. The second-order valence-corrected chi connectivity index (χ2v) is 6.36. The number of alkyl halides is 2. The second kappa shape index (κ2) is 8.83. The van der Waals surface area contributed by atoms with Crippen LogP contribution in [-0.4, -0.2) is 33.4 Å². The van der Waals surface area contributed by atoms with Gasteiger partial charge in [0.2, 0.25) is 5.82 Å². The fourth-order valence-corrected chi connectivity index (χ4v) is 2.45. The third-order valence-electron chi connectivity index (χ3n) is 3.85. The van der Waals surface area contributed by atoms with Crippen LogP contribution in [0.5, 0.6) is 5.75 Å². The van der Waals surface area contributed by atoms with E-state index in [9.17, 15) is 23.2 Å². The van der Waals surface area contributed by atoms with Gasteiger partial charge in [0.1, 0.15) is 11.6 Å². The standard InChI is InChI=1S/C19H16F3N5O4/c1-10-9-12(5-8-14(10)20)23-16(25-29)15-17(27-31-26-15)24-18(28)11-3-6-13(7-4-11)30-19(2,21)22/h3-9,29H,1-2H3,(H,23,25)(H,24,27,28). The van der Waals surface area contributed by atoms with Crippen LogP contribution in [0.2, 0.25) is 0 Å². The molecule has 0 atom stereocenters. The molecule has 12 heteroatoms. The number of amidine groups is 1. The fraction of sp³-hybridized carbons (Fsp3) is 0.158. The van der Waals surface area contributed by atoms with Crippen LogP contribution in [0.25, 0.3) is 0 Å². The van der Waals surface area contributed by atoms with Crippen molar-refractivity contribution < 1.29 is 32.5 Å². The Morgan fingerprint density at radius 3 is 2.52 bits per heavy atom. The quantitative estimate of drug-likeness (QED) is 0.306. The number of halogens is 3. The largest absolute Gasteiger partial charge is 0.433 e. The van der Waals surface area contributed by atoms with Crippen LogP contribution in [0, 0.1) is 12.7 Å². The highest BCUT2D eigenvalue weighted by Crippen LogP contribution is 2.22. The number of carbonyl (C=O) groups excluding carboxylic acids is 1. The third kappa shape index (κ3) is 5.57. The van der Waals surface area contributed by atoms with Crippen molar-refractivity contribution in [1.29, 1.82) is 0 Å². The monoisotopic (exact) mass is 435 g/mol. The summed E-state index contributed by atoms with van der Waals surface area (Å²) in [6.07, 6.45) is -3.36. The Morgan fingerprint density at radius 1 is 1.19 bits per heavy atom. The average molecular weight is 435 g/mol. The molecule has 0 aliphatic rings. The van der Waals surface area contributed by atoms with Crippen molar-refractivity contribution in [3.8, 4) is 5.75 Å². The van der Waals surface area contributed by atoms with Gasteiger partial charge in [0, 0.05) is 12.5 Å². The molecule has 1 amide bonds. The van der Waals surface area contributed by atoms with Crippen LogP contribution >= 0.6 is 0 Å². The molecule has 3 N–H and O–H groups in total. The van der Waals surface area contributed by atoms with Gasteiger partial charge < -0.3 is 10.1 Å². The van der Waals surface area contributed by atoms with E-state index in [4.69, 9.17) is 0 Å². The first kappa shape index (κ1) is 21.8. The highest BCUT2D eigenvalue weighted by molar-refractivity contribution is 6.08. The van der Waals surface area contributed by atoms with Gasteiger partial charge in [-0.2, -0.15) is 8.78 Å². The van der Waals surface area contributed by atoms with Crippen molar-refractivity contribution in [2.45, 2.75) is 20.0 Å². The van der Waals surface area contributed by atoms with E-state index >= 15 is 0 Å². The lowest BCUT2D eigenvalue weighted by molar-refractivity contribution is -0.158. The number of benzene rings is 2. The maximum Gasteiger partial charge on any atom is 0.394 e. The normalized spacial score (nSPS) is 11.9. The molecule has 3 rings (SSSR count). The Labute approximate surface area is 173 Å². The van der Waals surface area contributed by atoms with Crippen molar-refractivity contribution in [2.24, 2.45) is 4.99 Å². The summed E-state index contributed by atoms with van der Waals surface area (Å²) >= 11 is 0. The number of carbonyl (C=O) groups is 1. The summed E-state index contributed by atoms with van der Waals surface area (Å²) in [5, 5.41) is 19.0. The molecule has 0 fully saturated rings. The van der Waals surface area contributed by atoms with Gasteiger partial charge in [-0.25, -0.2) is 14.0 Å². The van der Waals surface area contributed by atoms with E-state index < -0.39 is 17.8 Å². The number of hydroxylamine groups is 1. The minimum Gasteiger partial charge on any atom is -0.433 e. The first-order chi connectivity index (χ1) is 14.7. The molecule has 1 heterocycles. The Balaban J connectivity index is 1.79. The second-order valence-electron chi connectivity index (χ2n) is 6.36. The molecule has 31 heavy (non-hydrogen) atoms. The first-order valence-corrected chi connectivity index (χ1v) is 8.72. The molecule has 0 saturated carbocycles. The SMILES string of the molecule is Cc1cc(N=C(NO)c2nonc2NC(=O)c2ccc(OC(C)(F)F)cc2)ccc1F. The molecule has 162 valence electrons. The lowest BCUT2D eigenvalue weighted by Gasteiger charge is -2.13. The molecular formula is C19H16F3N5O4. The minimum absolute atomic E-state index is 0.102. The highest BCUT2D eigenvalue weighted by Gasteiger charge is 2.23. The number of nitrogens with zero attached hydrogens (tertiary/aromatic N) is 3. The number of rotatable bonds is 6. The van der Waals surface area contributed by atoms with Crippen molar-refractivity contribution in [3.63, 3.8) is 0 Å². The Kier molecular flexibility index (Phi) is 6.20. The van der Waals surface area contributed by atoms with Crippen LogP contribution in [0.15, 0.2) is 52.1 Å². The summed E-state index contributed by atoms with van der Waals surface area (Å²) < 4.78 is 48.2. The maximum absolute atomic E-state index is 13.4. The van der Waals surface area contributed by atoms with Crippen molar-refractivity contribution >= 4 is 23.2 Å². The molecule has 0 saturated heterocycles. The van der Waals surface area contributed by atoms with E-state index in [1.165, 1.54) is 42.5 Å². The predicted octanol–water partition coefficient (Wildman–Crippen LogP) is 3.82. The number of anilines is 1. The number of ether oxygens (including phenoxy) is 1. The molecule has 2 aromatic carbocycles. The van der Waals surface area contributed by atoms with Gasteiger partial charge in [0.15, 0.2) is 11.5 Å². The zero-order valence-electron chi connectivity index (χ0n) is 16.2. The minimum atomic E-state index is -3.36. The van der Waals surface area contributed by atoms with Gasteiger partial charge in [-0.15, -0.1) is 0 Å². The molecule has 3 aromatic rings. The molecule has 0 bridgehead atoms. The molecule has 1 aromatic heterocycles. The van der Waals surface area contributed by atoms with Crippen molar-refractivity contribution in [1.82, 2.24) is 15.8 Å². The summed E-state index contributed by atoms with van der Waals surface area (Å²) in [7, 11) is 0. The summed E-state index contributed by atoms with van der Waals surface area (Å²) in [4.78, 5) is 16.5. The number of nitrogens with one attached hydrogen (secondary N) is 2. The van der Waals surface area contributed by atoms with Crippen LogP contribution in [-0.2, 0) is 0 Å². The lowest BCUT2D eigenvalue weighted by Crippen LogP contribution is -2.23. The maximum atomic E-state index is 13.4. The van der Waals surface area contributed by atoms with E-state index in [0.29, 0.717) is 18.2 Å². The van der Waals surface area contributed by atoms with Gasteiger partial charge in [0.05, 0.1) is 5.69 Å². The van der Waals surface area contributed by atoms with Crippen LogP contribution in [0.1, 0.15) is 28.5 Å². The highest BCUT2D eigenvalue weighted by atomic mass is 19.3. The Hall–Kier alpha value is -3.93. The number of aliphatic imine (C=N–C) groups is 1. The number of aromatic nitrogens is 2. The van der Waals surface area contributed by atoms with Gasteiger partial charge in [-0.05, 0) is 65.3 Å². The molecule has 0 radical (unpaired) electrons. The smallest absolute Gasteiger partial charge is 0.394 e. The first-order valence-electron chi connectivity index (χ1n) is 8.72. The number of amides is 1. The van der Waals surface area contributed by atoms with Gasteiger partial charge in [-0.3, -0.25) is 15.5 Å². The summed E-state index contributed by atoms with van der Waals surface area (Å²) in [6, 6.07) is 8.94. The number of hydrogen-bond donors (Lipinski definition) is 3. The van der Waals surface area contributed by atoms with Gasteiger partial charge >= 0.3 is 6.11 Å².